The van der Waals surface area contributed by atoms with Crippen molar-refractivity contribution in [2.24, 2.45) is 5.73 Å². The minimum atomic E-state index is -1.11. The van der Waals surface area contributed by atoms with Gasteiger partial charge in [-0.05, 0) is 37.5 Å². The zero-order valence-corrected chi connectivity index (χ0v) is 13.0. The third-order valence-electron chi connectivity index (χ3n) is 4.66. The molecular weight excluding hydrogens is 296 g/mol. The Morgan fingerprint density at radius 2 is 2.04 bits per heavy atom. The Hall–Kier alpha value is -2.41. The van der Waals surface area contributed by atoms with Crippen molar-refractivity contribution in [3.8, 4) is 0 Å². The molecule has 0 aliphatic carbocycles. The maximum absolute atomic E-state index is 12.6. The first-order chi connectivity index (χ1) is 11.0. The molecular formula is C16H20N4O3. The third kappa shape index (κ3) is 2.57. The average Bonchev–Trinajstić information content (AvgIpc) is 3.11. The Kier molecular flexibility index (Phi) is 3.81. The van der Waals surface area contributed by atoms with Crippen molar-refractivity contribution in [2.45, 2.75) is 31.3 Å². The summed E-state index contributed by atoms with van der Waals surface area (Å²) >= 11 is 0. The minimum Gasteiger partial charge on any atom is -0.334 e. The summed E-state index contributed by atoms with van der Waals surface area (Å²) in [4.78, 5) is 37.7. The molecule has 0 bridgehead atoms. The number of hydrogen-bond acceptors (Lipinski definition) is 4. The second kappa shape index (κ2) is 5.66. The van der Waals surface area contributed by atoms with Gasteiger partial charge in [-0.1, -0.05) is 12.1 Å². The van der Waals surface area contributed by atoms with Crippen LogP contribution in [0.1, 0.15) is 35.7 Å². The van der Waals surface area contributed by atoms with E-state index in [1.54, 1.807) is 36.1 Å². The highest BCUT2D eigenvalue weighted by atomic mass is 16.2. The van der Waals surface area contributed by atoms with Crippen LogP contribution in [0, 0.1) is 0 Å². The quantitative estimate of drug-likeness (QED) is 0.698. The average molecular weight is 316 g/mol. The van der Waals surface area contributed by atoms with Gasteiger partial charge in [-0.15, -0.1) is 0 Å². The fraction of sp³-hybridized carbons (Fsp3) is 0.438. The molecule has 23 heavy (non-hydrogen) atoms. The summed E-state index contributed by atoms with van der Waals surface area (Å²) in [7, 11) is 0. The zero-order chi connectivity index (χ0) is 16.6. The second-order valence-corrected chi connectivity index (χ2v) is 6.14. The van der Waals surface area contributed by atoms with Crippen LogP contribution in [0.2, 0.25) is 0 Å². The van der Waals surface area contributed by atoms with Gasteiger partial charge in [-0.2, -0.15) is 0 Å². The van der Waals surface area contributed by atoms with Gasteiger partial charge in [0, 0.05) is 24.7 Å². The number of amides is 4. The summed E-state index contributed by atoms with van der Waals surface area (Å²) in [5.41, 5.74) is 5.80. The number of urea groups is 1. The first-order valence-electron chi connectivity index (χ1n) is 7.71. The Labute approximate surface area is 134 Å². The van der Waals surface area contributed by atoms with Gasteiger partial charge in [-0.25, -0.2) is 4.79 Å². The number of carbonyl (C=O) groups excluding carboxylic acids is 3. The van der Waals surface area contributed by atoms with E-state index in [9.17, 15) is 14.4 Å². The Bertz CT molecular complexity index is 658. The number of nitrogens with one attached hydrogen (secondary N) is 2. The van der Waals surface area contributed by atoms with Crippen molar-refractivity contribution in [3.63, 3.8) is 0 Å². The van der Waals surface area contributed by atoms with Crippen LogP contribution in [0.3, 0.4) is 0 Å². The largest absolute Gasteiger partial charge is 0.334 e. The van der Waals surface area contributed by atoms with E-state index in [1.807, 2.05) is 0 Å². The Morgan fingerprint density at radius 3 is 2.61 bits per heavy atom. The number of nitrogens with zero attached hydrogens (tertiary/aromatic N) is 1. The van der Waals surface area contributed by atoms with Crippen molar-refractivity contribution in [3.05, 3.63) is 35.4 Å². The molecule has 0 radical (unpaired) electrons. The van der Waals surface area contributed by atoms with Crippen LogP contribution in [0.15, 0.2) is 24.3 Å². The molecule has 7 heteroatoms. The van der Waals surface area contributed by atoms with Gasteiger partial charge in [0.15, 0.2) is 0 Å². The van der Waals surface area contributed by atoms with Crippen LogP contribution in [-0.2, 0) is 10.3 Å². The fourth-order valence-corrected chi connectivity index (χ4v) is 3.21. The number of imide groups is 1. The molecule has 1 aromatic rings. The molecule has 1 aromatic carbocycles. The predicted octanol–water partition coefficient (Wildman–Crippen LogP) is 0.305. The van der Waals surface area contributed by atoms with E-state index in [2.05, 4.69) is 10.6 Å². The molecule has 0 saturated carbocycles. The van der Waals surface area contributed by atoms with E-state index in [1.165, 1.54) is 0 Å². The lowest BCUT2D eigenvalue weighted by molar-refractivity contribution is -0.123. The van der Waals surface area contributed by atoms with Crippen molar-refractivity contribution < 1.29 is 14.4 Å². The zero-order valence-electron chi connectivity index (χ0n) is 13.0. The van der Waals surface area contributed by atoms with Crippen LogP contribution in [0.4, 0.5) is 4.79 Å². The molecule has 4 amide bonds. The predicted molar refractivity (Wildman–Crippen MR) is 83.6 cm³/mol. The highest BCUT2D eigenvalue weighted by Gasteiger charge is 2.43. The number of rotatable bonds is 3. The highest BCUT2D eigenvalue weighted by Crippen LogP contribution is 2.25. The van der Waals surface area contributed by atoms with Gasteiger partial charge in [0.2, 0.25) is 0 Å². The molecule has 2 unspecified atom stereocenters. The van der Waals surface area contributed by atoms with Crippen LogP contribution in [-0.4, -0.2) is 41.9 Å². The molecule has 2 aliphatic heterocycles. The lowest BCUT2D eigenvalue weighted by Crippen LogP contribution is -2.41. The monoisotopic (exact) mass is 316 g/mol. The van der Waals surface area contributed by atoms with Crippen LogP contribution < -0.4 is 16.4 Å². The Morgan fingerprint density at radius 1 is 1.35 bits per heavy atom. The van der Waals surface area contributed by atoms with E-state index < -0.39 is 17.5 Å². The van der Waals surface area contributed by atoms with Gasteiger partial charge in [0.25, 0.3) is 11.8 Å². The van der Waals surface area contributed by atoms with Gasteiger partial charge >= 0.3 is 6.03 Å². The summed E-state index contributed by atoms with van der Waals surface area (Å²) < 4.78 is 0. The summed E-state index contributed by atoms with van der Waals surface area (Å²) in [6, 6.07) is 6.36. The van der Waals surface area contributed by atoms with Crippen LogP contribution >= 0.6 is 0 Å². The van der Waals surface area contributed by atoms with Crippen molar-refractivity contribution >= 4 is 17.8 Å². The van der Waals surface area contributed by atoms with Crippen molar-refractivity contribution in [1.29, 1.82) is 0 Å². The molecule has 3 rings (SSSR count). The van der Waals surface area contributed by atoms with E-state index in [4.69, 9.17) is 5.73 Å². The molecule has 0 spiro atoms. The maximum Gasteiger partial charge on any atom is 0.322 e. The number of nitrogens with two attached hydrogens (primary N) is 1. The van der Waals surface area contributed by atoms with E-state index in [0.29, 0.717) is 17.7 Å². The molecule has 0 aromatic heterocycles. The standard InChI is InChI=1S/C16H20N4O3/c1-16(14(22)18-15(23)19-16)11-6-4-10(5-7-11)13(21)20-8-2-3-12(20)9-17/h4-7,12H,2-3,8-9,17H2,1H3,(H2,18,19,22,23). The topological polar surface area (TPSA) is 105 Å². The maximum atomic E-state index is 12.6. The van der Waals surface area contributed by atoms with E-state index in [0.717, 1.165) is 19.4 Å². The first kappa shape index (κ1) is 15.5. The van der Waals surface area contributed by atoms with Gasteiger partial charge in [0.1, 0.15) is 5.54 Å². The van der Waals surface area contributed by atoms with Crippen LogP contribution in [0.25, 0.3) is 0 Å². The summed E-state index contributed by atoms with van der Waals surface area (Å²) in [5, 5.41) is 4.83. The molecule has 122 valence electrons. The van der Waals surface area contributed by atoms with Gasteiger partial charge < -0.3 is 16.0 Å². The lowest BCUT2D eigenvalue weighted by Gasteiger charge is -2.24. The smallest absolute Gasteiger partial charge is 0.322 e. The molecule has 2 fully saturated rings. The molecule has 2 saturated heterocycles. The highest BCUT2D eigenvalue weighted by molar-refractivity contribution is 6.07. The van der Waals surface area contributed by atoms with Gasteiger partial charge in [-0.3, -0.25) is 14.9 Å². The molecule has 4 N–H and O–H groups in total. The van der Waals surface area contributed by atoms with Crippen molar-refractivity contribution in [2.75, 3.05) is 13.1 Å². The Balaban J connectivity index is 1.81. The third-order valence-corrected chi connectivity index (χ3v) is 4.66. The number of likely N-dealkylation sites (tertiary alicyclic amines) is 1. The lowest BCUT2D eigenvalue weighted by atomic mass is 9.91. The minimum absolute atomic E-state index is 0.0467. The summed E-state index contributed by atoms with van der Waals surface area (Å²) in [5.74, 6) is -0.445. The number of hydrogen-bond donors (Lipinski definition) is 3. The molecule has 7 nitrogen and oxygen atoms in total. The first-order valence-corrected chi connectivity index (χ1v) is 7.71. The second-order valence-electron chi connectivity index (χ2n) is 6.14. The SMILES string of the molecule is CC1(c2ccc(C(=O)N3CCCC3CN)cc2)NC(=O)NC1=O. The van der Waals surface area contributed by atoms with Gasteiger partial charge in [0.05, 0.1) is 0 Å². The normalized spacial score (nSPS) is 27.0. The number of benzene rings is 1. The van der Waals surface area contributed by atoms with Crippen molar-refractivity contribution in [1.82, 2.24) is 15.5 Å². The number of carbonyl (C=O) groups is 3. The summed E-state index contributed by atoms with van der Waals surface area (Å²) in [6.07, 6.45) is 1.90. The molecule has 2 aliphatic rings. The van der Waals surface area contributed by atoms with E-state index in [-0.39, 0.29) is 11.9 Å². The molecule has 2 heterocycles. The summed E-state index contributed by atoms with van der Waals surface area (Å²) in [6.45, 7) is 2.82. The molecule has 2 atom stereocenters. The van der Waals surface area contributed by atoms with Crippen LogP contribution in [0.5, 0.6) is 0 Å². The van der Waals surface area contributed by atoms with E-state index >= 15 is 0 Å². The fourth-order valence-electron chi connectivity index (χ4n) is 3.21.